The largest absolute Gasteiger partial charge is 0.336 e. The van der Waals surface area contributed by atoms with E-state index in [2.05, 4.69) is 23.6 Å². The lowest BCUT2D eigenvalue weighted by molar-refractivity contribution is -0.152. The minimum absolute atomic E-state index is 0.167. The van der Waals surface area contributed by atoms with Crippen LogP contribution in [-0.4, -0.2) is 46.8 Å². The lowest BCUT2D eigenvalue weighted by atomic mass is 9.86. The van der Waals surface area contributed by atoms with Crippen LogP contribution in [0.4, 0.5) is 0 Å². The van der Waals surface area contributed by atoms with E-state index in [4.69, 9.17) is 0 Å². The Kier molecular flexibility index (Phi) is 4.09. The van der Waals surface area contributed by atoms with Crippen LogP contribution in [0.5, 0.6) is 0 Å². The maximum absolute atomic E-state index is 13.2. The minimum atomic E-state index is 0.167. The number of hydrogen-bond donors (Lipinski definition) is 0. The predicted molar refractivity (Wildman–Crippen MR) is 100 cm³/mol. The number of carbonyl (C=O) groups excluding carboxylic acids is 2. The van der Waals surface area contributed by atoms with Gasteiger partial charge in [-0.3, -0.25) is 9.59 Å². The van der Waals surface area contributed by atoms with E-state index < -0.39 is 0 Å². The number of carbonyl (C=O) groups is 2. The van der Waals surface area contributed by atoms with E-state index in [1.807, 2.05) is 0 Å². The zero-order valence-corrected chi connectivity index (χ0v) is 16.4. The molecule has 5 rings (SSSR count). The van der Waals surface area contributed by atoms with Crippen LogP contribution in [0.3, 0.4) is 0 Å². The first-order valence-electron chi connectivity index (χ1n) is 11.1. The second kappa shape index (κ2) is 6.24. The predicted octanol–water partition coefficient (Wildman–Crippen LogP) is 3.31. The molecule has 1 saturated heterocycles. The molecule has 4 bridgehead atoms. The van der Waals surface area contributed by atoms with E-state index in [1.165, 1.54) is 38.5 Å². The van der Waals surface area contributed by atoms with Gasteiger partial charge in [-0.2, -0.15) is 0 Å². The molecule has 5 aliphatic rings. The van der Waals surface area contributed by atoms with Gasteiger partial charge < -0.3 is 9.80 Å². The van der Waals surface area contributed by atoms with Crippen molar-refractivity contribution in [2.24, 2.45) is 35.5 Å². The van der Waals surface area contributed by atoms with Crippen molar-refractivity contribution >= 4 is 11.8 Å². The molecule has 0 N–H and O–H groups in total. The summed E-state index contributed by atoms with van der Waals surface area (Å²) in [5.41, 5.74) is 0. The molecule has 0 aromatic carbocycles. The molecule has 1 heterocycles. The zero-order chi connectivity index (χ0) is 18.0. The van der Waals surface area contributed by atoms with Gasteiger partial charge in [-0.15, -0.1) is 0 Å². The van der Waals surface area contributed by atoms with Crippen molar-refractivity contribution in [1.82, 2.24) is 9.80 Å². The number of amides is 2. The average molecular weight is 359 g/mol. The Labute approximate surface area is 157 Å². The normalized spacial score (nSPS) is 47.0. The first-order chi connectivity index (χ1) is 12.5. The molecule has 0 aromatic rings. The fraction of sp³-hybridized carbons (Fsp3) is 0.909. The van der Waals surface area contributed by atoms with Crippen LogP contribution in [0.15, 0.2) is 0 Å². The van der Waals surface area contributed by atoms with Gasteiger partial charge in [0.2, 0.25) is 11.8 Å². The van der Waals surface area contributed by atoms with Crippen LogP contribution in [0, 0.1) is 35.5 Å². The Hall–Kier alpha value is -1.06. The third-order valence-electron chi connectivity index (χ3n) is 8.66. The molecule has 5 fully saturated rings. The molecular weight excluding hydrogens is 324 g/mol. The fourth-order valence-electron chi connectivity index (χ4n) is 7.26. The van der Waals surface area contributed by atoms with Gasteiger partial charge in [-0.1, -0.05) is 12.8 Å². The first kappa shape index (κ1) is 17.1. The Bertz CT molecular complexity index is 553. The molecule has 4 heteroatoms. The highest BCUT2D eigenvalue weighted by Gasteiger charge is 2.48. The Morgan fingerprint density at radius 2 is 1.08 bits per heavy atom. The van der Waals surface area contributed by atoms with Gasteiger partial charge in [-0.25, -0.2) is 0 Å². The number of nitrogens with zero attached hydrogens (tertiary/aromatic N) is 2. The standard InChI is InChI=1S/C22H34N2O2/c1-13-11-24(22(26)20-10-16-4-6-18(20)8-16)14(2)12-23(13)21(25)19-9-15-3-5-17(19)7-15/h13-20H,3-12H2,1-2H3/t13-,14-,15+,16+,17+,18+,19+,20+/m0/s1. The van der Waals surface area contributed by atoms with E-state index in [1.54, 1.807) is 0 Å². The van der Waals surface area contributed by atoms with E-state index in [9.17, 15) is 9.59 Å². The van der Waals surface area contributed by atoms with E-state index in [0.29, 0.717) is 23.7 Å². The van der Waals surface area contributed by atoms with Gasteiger partial charge >= 0.3 is 0 Å². The highest BCUT2D eigenvalue weighted by molar-refractivity contribution is 5.82. The van der Waals surface area contributed by atoms with E-state index >= 15 is 0 Å². The third kappa shape index (κ3) is 2.62. The SMILES string of the molecule is C[C@H]1CN(C(=O)[C@@H]2C[C@@H]3CC[C@@H]2C3)[C@@H](C)CN1C(=O)[C@@H]1C[C@@H]2CC[C@@H]1C2. The molecule has 2 amide bonds. The third-order valence-corrected chi connectivity index (χ3v) is 8.66. The van der Waals surface area contributed by atoms with Gasteiger partial charge in [0.25, 0.3) is 0 Å². The van der Waals surface area contributed by atoms with E-state index in [0.717, 1.165) is 37.8 Å². The van der Waals surface area contributed by atoms with Gasteiger partial charge in [0.1, 0.15) is 0 Å². The fourth-order valence-corrected chi connectivity index (χ4v) is 7.26. The maximum Gasteiger partial charge on any atom is 0.226 e. The molecule has 1 aliphatic heterocycles. The highest BCUT2D eigenvalue weighted by atomic mass is 16.2. The summed E-state index contributed by atoms with van der Waals surface area (Å²) in [6, 6.07) is 0.334. The molecule has 4 saturated carbocycles. The summed E-state index contributed by atoms with van der Waals surface area (Å²) in [5, 5.41) is 0. The second-order valence-electron chi connectivity index (χ2n) is 10.2. The van der Waals surface area contributed by atoms with Gasteiger partial charge in [0, 0.05) is 37.0 Å². The van der Waals surface area contributed by atoms with Crippen molar-refractivity contribution in [3.05, 3.63) is 0 Å². The number of piperazine rings is 1. The van der Waals surface area contributed by atoms with Crippen molar-refractivity contribution in [3.63, 3.8) is 0 Å². The summed E-state index contributed by atoms with van der Waals surface area (Å²) in [7, 11) is 0. The maximum atomic E-state index is 13.2. The molecular formula is C22H34N2O2. The van der Waals surface area contributed by atoms with Crippen molar-refractivity contribution < 1.29 is 9.59 Å². The van der Waals surface area contributed by atoms with Crippen molar-refractivity contribution in [1.29, 1.82) is 0 Å². The van der Waals surface area contributed by atoms with Crippen LogP contribution in [0.2, 0.25) is 0 Å². The number of hydrogen-bond acceptors (Lipinski definition) is 2. The lowest BCUT2D eigenvalue weighted by Crippen LogP contribution is -2.61. The summed E-state index contributed by atoms with van der Waals surface area (Å²) in [4.78, 5) is 30.7. The van der Waals surface area contributed by atoms with Crippen LogP contribution in [0.1, 0.15) is 65.2 Å². The lowest BCUT2D eigenvalue weighted by Gasteiger charge is -2.46. The Morgan fingerprint density at radius 1 is 0.654 bits per heavy atom. The van der Waals surface area contributed by atoms with Crippen molar-refractivity contribution in [2.45, 2.75) is 77.3 Å². The smallest absolute Gasteiger partial charge is 0.226 e. The summed E-state index contributed by atoms with van der Waals surface area (Å²) < 4.78 is 0. The summed E-state index contributed by atoms with van der Waals surface area (Å²) >= 11 is 0. The molecule has 4 aliphatic carbocycles. The van der Waals surface area contributed by atoms with Crippen LogP contribution in [0.25, 0.3) is 0 Å². The zero-order valence-electron chi connectivity index (χ0n) is 16.4. The highest BCUT2D eigenvalue weighted by Crippen LogP contribution is 2.50. The molecule has 0 radical (unpaired) electrons. The van der Waals surface area contributed by atoms with Crippen LogP contribution < -0.4 is 0 Å². The summed E-state index contributed by atoms with van der Waals surface area (Å²) in [5.74, 6) is 4.23. The van der Waals surface area contributed by atoms with Gasteiger partial charge in [0.15, 0.2) is 0 Å². The summed E-state index contributed by atoms with van der Waals surface area (Å²) in [6.07, 6.45) is 10.00. The quantitative estimate of drug-likeness (QED) is 0.760. The number of rotatable bonds is 2. The first-order valence-corrected chi connectivity index (χ1v) is 11.1. The van der Waals surface area contributed by atoms with Crippen molar-refractivity contribution in [3.8, 4) is 0 Å². The van der Waals surface area contributed by atoms with Crippen molar-refractivity contribution in [2.75, 3.05) is 13.1 Å². The Morgan fingerprint density at radius 3 is 1.38 bits per heavy atom. The Balaban J connectivity index is 1.25. The second-order valence-corrected chi connectivity index (χ2v) is 10.2. The molecule has 0 spiro atoms. The van der Waals surface area contributed by atoms with Gasteiger partial charge in [0.05, 0.1) is 0 Å². The molecule has 0 aromatic heterocycles. The topological polar surface area (TPSA) is 40.6 Å². The van der Waals surface area contributed by atoms with Crippen LogP contribution >= 0.6 is 0 Å². The monoisotopic (exact) mass is 358 g/mol. The van der Waals surface area contributed by atoms with Crippen LogP contribution in [-0.2, 0) is 9.59 Å². The van der Waals surface area contributed by atoms with Gasteiger partial charge in [-0.05, 0) is 76.0 Å². The molecule has 26 heavy (non-hydrogen) atoms. The van der Waals surface area contributed by atoms with E-state index in [-0.39, 0.29) is 23.9 Å². The summed E-state index contributed by atoms with van der Waals surface area (Å²) in [6.45, 7) is 5.77. The molecule has 144 valence electrons. The average Bonchev–Trinajstić information content (AvgIpc) is 3.42. The molecule has 4 nitrogen and oxygen atoms in total. The molecule has 8 atom stereocenters. The molecule has 0 unspecified atom stereocenters. The number of fused-ring (bicyclic) bond motifs is 4. The minimum Gasteiger partial charge on any atom is -0.336 e.